The molecule has 2 N–H and O–H groups in total. The van der Waals surface area contributed by atoms with Gasteiger partial charge >= 0.3 is 0 Å². The van der Waals surface area contributed by atoms with Gasteiger partial charge in [-0.1, -0.05) is 30.3 Å². The maximum Gasteiger partial charge on any atom is 0.275 e. The molecule has 7 nitrogen and oxygen atoms in total. The van der Waals surface area contributed by atoms with Crippen molar-refractivity contribution in [1.29, 1.82) is 0 Å². The number of para-hydroxylation sites is 3. The molecule has 3 aromatic rings. The lowest BCUT2D eigenvalue weighted by Gasteiger charge is -2.06. The lowest BCUT2D eigenvalue weighted by Crippen LogP contribution is -2.14. The summed E-state index contributed by atoms with van der Waals surface area (Å²) >= 11 is 0. The number of H-pyrrole nitrogens is 1. The number of nitro groups is 1. The molecule has 0 radical (unpaired) electrons. The molecule has 1 heterocycles. The number of hydrogen-bond donors (Lipinski definition) is 2. The molecule has 0 bridgehead atoms. The summed E-state index contributed by atoms with van der Waals surface area (Å²) < 4.78 is 0. The van der Waals surface area contributed by atoms with E-state index in [4.69, 9.17) is 0 Å². The second-order valence-electron chi connectivity index (χ2n) is 4.35. The second kappa shape index (κ2) is 5.04. The number of nitrogens with zero attached hydrogens (tertiary/aromatic N) is 2. The number of benzene rings is 2. The van der Waals surface area contributed by atoms with Crippen LogP contribution in [0.3, 0.4) is 0 Å². The van der Waals surface area contributed by atoms with Crippen LogP contribution < -0.4 is 11.0 Å². The summed E-state index contributed by atoms with van der Waals surface area (Å²) in [5.74, 6) is 0. The quantitative estimate of drug-likeness (QED) is 0.566. The van der Waals surface area contributed by atoms with Gasteiger partial charge in [-0.15, -0.1) is 5.43 Å². The van der Waals surface area contributed by atoms with Gasteiger partial charge < -0.3 is 4.98 Å². The fourth-order valence-electron chi connectivity index (χ4n) is 2.10. The van der Waals surface area contributed by atoms with Crippen molar-refractivity contribution in [3.05, 3.63) is 69.0 Å². The highest BCUT2D eigenvalue weighted by atomic mass is 16.7. The van der Waals surface area contributed by atoms with Crippen LogP contribution in [0.1, 0.15) is 0 Å². The Morgan fingerprint density at radius 3 is 2.62 bits per heavy atom. The number of nitrogens with one attached hydrogen (secondary N) is 2. The highest BCUT2D eigenvalue weighted by Crippen LogP contribution is 2.24. The average molecular weight is 282 g/mol. The van der Waals surface area contributed by atoms with Gasteiger partial charge in [0.25, 0.3) is 5.56 Å². The van der Waals surface area contributed by atoms with Crippen LogP contribution >= 0.6 is 0 Å². The minimum Gasteiger partial charge on any atom is -0.319 e. The number of rotatable bonds is 3. The molecule has 0 spiro atoms. The van der Waals surface area contributed by atoms with Gasteiger partial charge in [-0.25, -0.2) is 15.1 Å². The summed E-state index contributed by atoms with van der Waals surface area (Å²) in [7, 11) is 0. The van der Waals surface area contributed by atoms with Crippen LogP contribution in [0.25, 0.3) is 22.3 Å². The van der Waals surface area contributed by atoms with Crippen molar-refractivity contribution in [3.63, 3.8) is 0 Å². The molecule has 0 aliphatic heterocycles. The van der Waals surface area contributed by atoms with E-state index < -0.39 is 10.6 Å². The van der Waals surface area contributed by atoms with Crippen LogP contribution in [-0.4, -0.2) is 15.0 Å². The van der Waals surface area contributed by atoms with E-state index in [1.807, 2.05) is 0 Å². The molecule has 0 saturated heterocycles. The SMILES string of the molecule is O=c1[nH]c2ccccc2nc1-c1ccccc1N[N+](=O)[O-]. The number of anilines is 1. The second-order valence-corrected chi connectivity index (χ2v) is 4.35. The Kier molecular flexibility index (Phi) is 3.07. The van der Waals surface area contributed by atoms with Crippen molar-refractivity contribution in [3.8, 4) is 11.3 Å². The van der Waals surface area contributed by atoms with E-state index in [-0.39, 0.29) is 11.4 Å². The molecule has 21 heavy (non-hydrogen) atoms. The number of aromatic nitrogens is 2. The van der Waals surface area contributed by atoms with E-state index >= 15 is 0 Å². The monoisotopic (exact) mass is 282 g/mol. The molecule has 104 valence electrons. The van der Waals surface area contributed by atoms with E-state index in [9.17, 15) is 14.9 Å². The van der Waals surface area contributed by atoms with Crippen molar-refractivity contribution >= 4 is 16.7 Å². The van der Waals surface area contributed by atoms with Crippen molar-refractivity contribution in [1.82, 2.24) is 9.97 Å². The molecule has 7 heteroatoms. The van der Waals surface area contributed by atoms with E-state index in [0.29, 0.717) is 16.6 Å². The molecular weight excluding hydrogens is 272 g/mol. The first-order valence-corrected chi connectivity index (χ1v) is 6.14. The van der Waals surface area contributed by atoms with Crippen molar-refractivity contribution in [2.75, 3.05) is 5.43 Å². The third-order valence-corrected chi connectivity index (χ3v) is 2.99. The number of hydrogen-bond acceptors (Lipinski definition) is 4. The number of fused-ring (bicyclic) bond motifs is 1. The Morgan fingerprint density at radius 1 is 1.10 bits per heavy atom. The minimum absolute atomic E-state index is 0.138. The van der Waals surface area contributed by atoms with Crippen molar-refractivity contribution < 1.29 is 5.03 Å². The Hall–Kier alpha value is -3.22. The predicted molar refractivity (Wildman–Crippen MR) is 78.4 cm³/mol. The van der Waals surface area contributed by atoms with Gasteiger partial charge in [0.1, 0.15) is 11.4 Å². The molecule has 0 atom stereocenters. The van der Waals surface area contributed by atoms with Gasteiger partial charge in [0.15, 0.2) is 5.03 Å². The molecule has 0 amide bonds. The molecule has 0 unspecified atom stereocenters. The maximum absolute atomic E-state index is 12.2. The van der Waals surface area contributed by atoms with Crippen LogP contribution in [0.15, 0.2) is 53.3 Å². The van der Waals surface area contributed by atoms with Crippen LogP contribution in [0.4, 0.5) is 5.69 Å². The topological polar surface area (TPSA) is 101 Å². The third-order valence-electron chi connectivity index (χ3n) is 2.99. The first-order chi connectivity index (χ1) is 10.1. The zero-order chi connectivity index (χ0) is 14.8. The fraction of sp³-hybridized carbons (Fsp3) is 0. The largest absolute Gasteiger partial charge is 0.319 e. The average Bonchev–Trinajstić information content (AvgIpc) is 2.47. The Morgan fingerprint density at radius 2 is 1.81 bits per heavy atom. The molecule has 0 aliphatic carbocycles. The summed E-state index contributed by atoms with van der Waals surface area (Å²) in [6.07, 6.45) is 0. The van der Waals surface area contributed by atoms with Crippen molar-refractivity contribution in [2.24, 2.45) is 0 Å². The van der Waals surface area contributed by atoms with Crippen molar-refractivity contribution in [2.45, 2.75) is 0 Å². The first-order valence-electron chi connectivity index (χ1n) is 6.14. The highest BCUT2D eigenvalue weighted by molar-refractivity contribution is 5.80. The Bertz CT molecular complexity index is 889. The molecule has 1 aromatic heterocycles. The van der Waals surface area contributed by atoms with Gasteiger partial charge in [-0.3, -0.25) is 4.79 Å². The normalized spacial score (nSPS) is 10.5. The lowest BCUT2D eigenvalue weighted by molar-refractivity contribution is -0.445. The lowest BCUT2D eigenvalue weighted by atomic mass is 10.1. The van der Waals surface area contributed by atoms with Crippen LogP contribution in [0, 0.1) is 10.1 Å². The van der Waals surface area contributed by atoms with Gasteiger partial charge in [0, 0.05) is 5.56 Å². The maximum atomic E-state index is 12.2. The Balaban J connectivity index is 2.23. The van der Waals surface area contributed by atoms with Gasteiger partial charge in [-0.2, -0.15) is 0 Å². The van der Waals surface area contributed by atoms with Gasteiger partial charge in [0.05, 0.1) is 11.0 Å². The van der Waals surface area contributed by atoms with E-state index in [2.05, 4.69) is 15.4 Å². The predicted octanol–water partition coefficient (Wildman–Crippen LogP) is 2.19. The van der Waals surface area contributed by atoms with Crippen LogP contribution in [-0.2, 0) is 0 Å². The van der Waals surface area contributed by atoms with Crippen LogP contribution in [0.5, 0.6) is 0 Å². The summed E-state index contributed by atoms with van der Waals surface area (Å²) in [5.41, 5.74) is 3.64. The summed E-state index contributed by atoms with van der Waals surface area (Å²) in [6, 6.07) is 13.6. The van der Waals surface area contributed by atoms with E-state index in [1.165, 1.54) is 6.07 Å². The van der Waals surface area contributed by atoms with Crippen LogP contribution in [0.2, 0.25) is 0 Å². The molecule has 0 fully saturated rings. The number of aromatic amines is 1. The van der Waals surface area contributed by atoms with Gasteiger partial charge in [-0.05, 0) is 18.2 Å². The summed E-state index contributed by atoms with van der Waals surface area (Å²) in [6.45, 7) is 0. The van der Waals surface area contributed by atoms with E-state index in [1.54, 1.807) is 42.5 Å². The Labute approximate surface area is 118 Å². The smallest absolute Gasteiger partial charge is 0.275 e. The highest BCUT2D eigenvalue weighted by Gasteiger charge is 2.13. The van der Waals surface area contributed by atoms with E-state index in [0.717, 1.165) is 0 Å². The standard InChI is InChI=1S/C14H10N4O3/c19-14-13(15-11-7-3-4-8-12(11)16-14)9-5-1-2-6-10(9)17-18(20)21/h1-8,17H,(H,16,19). The molecular formula is C14H10N4O3. The first kappa shape index (κ1) is 12.8. The third kappa shape index (κ3) is 2.44. The minimum atomic E-state index is -0.673. The van der Waals surface area contributed by atoms with Gasteiger partial charge in [0.2, 0.25) is 0 Å². The molecule has 0 aliphatic rings. The zero-order valence-electron chi connectivity index (χ0n) is 10.7. The number of hydrazine groups is 1. The molecule has 0 saturated carbocycles. The fourth-order valence-corrected chi connectivity index (χ4v) is 2.10. The molecule has 2 aromatic carbocycles. The molecule has 3 rings (SSSR count). The summed E-state index contributed by atoms with van der Waals surface area (Å²) in [4.78, 5) is 29.8. The summed E-state index contributed by atoms with van der Waals surface area (Å²) in [5, 5.41) is 9.97. The zero-order valence-corrected chi connectivity index (χ0v) is 10.7.